The quantitative estimate of drug-likeness (QED) is 0.402. The summed E-state index contributed by atoms with van der Waals surface area (Å²) in [4.78, 5) is 24.8. The molecule has 30 heavy (non-hydrogen) atoms. The molecule has 0 spiro atoms. The number of carbonyl (C=O) groups is 1. The maximum Gasteiger partial charge on any atom is 0.252 e. The summed E-state index contributed by atoms with van der Waals surface area (Å²) in [6.07, 6.45) is 1.80. The molecule has 0 radical (unpaired) electrons. The predicted octanol–water partition coefficient (Wildman–Crippen LogP) is 4.15. The first-order valence-corrected chi connectivity index (χ1v) is 10.5. The number of benzene rings is 1. The number of hydrogen-bond acceptors (Lipinski definition) is 5. The number of hydrogen-bond donors (Lipinski definition) is 3. The van der Waals surface area contributed by atoms with Crippen LogP contribution >= 0.6 is 11.3 Å². The number of fused-ring (bicyclic) bond motifs is 3. The molecule has 1 amide bonds. The summed E-state index contributed by atoms with van der Waals surface area (Å²) in [5.41, 5.74) is 6.43. The molecule has 5 aromatic rings. The Morgan fingerprint density at radius 2 is 2.17 bits per heavy atom. The number of rotatable bonds is 5. The number of aryl methyl sites for hydroxylation is 1. The second kappa shape index (κ2) is 7.31. The van der Waals surface area contributed by atoms with Gasteiger partial charge in [-0.05, 0) is 34.7 Å². The lowest BCUT2D eigenvalue weighted by Gasteiger charge is -2.06. The van der Waals surface area contributed by atoms with Crippen LogP contribution in [0.5, 0.6) is 0 Å². The number of H-pyrrole nitrogens is 1. The monoisotopic (exact) mass is 416 g/mol. The topological polar surface area (TPSA) is 87.6 Å². The van der Waals surface area contributed by atoms with E-state index in [1.165, 1.54) is 11.3 Å². The van der Waals surface area contributed by atoms with Crippen LogP contribution in [-0.2, 0) is 13.6 Å². The van der Waals surface area contributed by atoms with Crippen molar-refractivity contribution in [3.8, 4) is 11.3 Å². The number of aromatic amines is 1. The standard InChI is InChI=1S/C22H20N6OS/c1-23-21-18-19(28(2)12-25-18)16-9-17(26-20(16)27-21)14-5-3-4-13(8-14)10-24-22(29)15-6-7-30-11-15/h3-9,11-12H,10H2,1-2H3,(H,24,29)(H2,23,26,27). The third-order valence-electron chi connectivity index (χ3n) is 5.15. The molecule has 4 heterocycles. The van der Waals surface area contributed by atoms with Crippen molar-refractivity contribution < 1.29 is 4.79 Å². The average molecular weight is 417 g/mol. The van der Waals surface area contributed by atoms with E-state index in [4.69, 9.17) is 4.98 Å². The summed E-state index contributed by atoms with van der Waals surface area (Å²) in [7, 11) is 3.83. The third-order valence-corrected chi connectivity index (χ3v) is 5.83. The normalized spacial score (nSPS) is 11.3. The number of anilines is 1. The van der Waals surface area contributed by atoms with Crippen LogP contribution in [0.4, 0.5) is 5.82 Å². The fourth-order valence-corrected chi connectivity index (χ4v) is 4.29. The van der Waals surface area contributed by atoms with E-state index in [0.717, 1.165) is 44.7 Å². The van der Waals surface area contributed by atoms with E-state index in [1.54, 1.807) is 6.33 Å². The lowest BCUT2D eigenvalue weighted by Crippen LogP contribution is -2.22. The van der Waals surface area contributed by atoms with Crippen molar-refractivity contribution in [2.24, 2.45) is 7.05 Å². The highest BCUT2D eigenvalue weighted by molar-refractivity contribution is 7.08. The largest absolute Gasteiger partial charge is 0.371 e. The SMILES string of the molecule is CNc1nc2[nH]c(-c3cccc(CNC(=O)c4ccsc4)c3)cc2c2c1ncn2C. The van der Waals surface area contributed by atoms with Gasteiger partial charge in [0.05, 0.1) is 11.8 Å². The van der Waals surface area contributed by atoms with E-state index in [9.17, 15) is 4.79 Å². The summed E-state index contributed by atoms with van der Waals surface area (Å²) in [5, 5.41) is 10.9. The van der Waals surface area contributed by atoms with Gasteiger partial charge in [0.15, 0.2) is 5.82 Å². The van der Waals surface area contributed by atoms with E-state index in [0.29, 0.717) is 12.1 Å². The van der Waals surface area contributed by atoms with Gasteiger partial charge in [0.1, 0.15) is 11.2 Å². The molecule has 0 bridgehead atoms. The number of thiophene rings is 1. The van der Waals surface area contributed by atoms with E-state index in [1.807, 2.05) is 53.7 Å². The molecule has 0 aliphatic carbocycles. The van der Waals surface area contributed by atoms with Gasteiger partial charge in [0.25, 0.3) is 5.91 Å². The lowest BCUT2D eigenvalue weighted by atomic mass is 10.1. The molecule has 0 saturated carbocycles. The van der Waals surface area contributed by atoms with E-state index in [-0.39, 0.29) is 5.91 Å². The highest BCUT2D eigenvalue weighted by Gasteiger charge is 2.15. The van der Waals surface area contributed by atoms with Crippen LogP contribution in [-0.4, -0.2) is 32.5 Å². The molecule has 4 aromatic heterocycles. The Kier molecular flexibility index (Phi) is 4.48. The number of carbonyl (C=O) groups excluding carboxylic acids is 1. The van der Waals surface area contributed by atoms with Crippen LogP contribution in [0.3, 0.4) is 0 Å². The first-order valence-electron chi connectivity index (χ1n) is 9.55. The maximum atomic E-state index is 12.2. The number of imidazole rings is 1. The van der Waals surface area contributed by atoms with Crippen molar-refractivity contribution in [1.82, 2.24) is 24.8 Å². The minimum atomic E-state index is -0.0605. The van der Waals surface area contributed by atoms with Crippen LogP contribution in [0, 0.1) is 0 Å². The van der Waals surface area contributed by atoms with Gasteiger partial charge < -0.3 is 20.2 Å². The maximum absolute atomic E-state index is 12.2. The molecule has 3 N–H and O–H groups in total. The number of amides is 1. The highest BCUT2D eigenvalue weighted by Crippen LogP contribution is 2.31. The molecule has 8 heteroatoms. The van der Waals surface area contributed by atoms with Gasteiger partial charge in [-0.3, -0.25) is 4.79 Å². The zero-order valence-corrected chi connectivity index (χ0v) is 17.4. The van der Waals surface area contributed by atoms with Crippen LogP contribution in [0.2, 0.25) is 0 Å². The molecular formula is C22H20N6OS. The summed E-state index contributed by atoms with van der Waals surface area (Å²) in [6, 6.07) is 12.1. The van der Waals surface area contributed by atoms with Crippen molar-refractivity contribution in [2.75, 3.05) is 12.4 Å². The molecular weight excluding hydrogens is 396 g/mol. The van der Waals surface area contributed by atoms with Crippen molar-refractivity contribution in [2.45, 2.75) is 6.54 Å². The minimum Gasteiger partial charge on any atom is -0.371 e. The first kappa shape index (κ1) is 18.4. The summed E-state index contributed by atoms with van der Waals surface area (Å²) < 4.78 is 2.01. The van der Waals surface area contributed by atoms with Gasteiger partial charge in [-0.1, -0.05) is 18.2 Å². The second-order valence-electron chi connectivity index (χ2n) is 7.10. The molecule has 0 saturated heterocycles. The fourth-order valence-electron chi connectivity index (χ4n) is 3.65. The molecule has 0 atom stereocenters. The van der Waals surface area contributed by atoms with Crippen LogP contribution in [0.1, 0.15) is 15.9 Å². The molecule has 5 rings (SSSR count). The Bertz CT molecular complexity index is 1370. The number of pyridine rings is 1. The Balaban J connectivity index is 1.48. The molecule has 0 fully saturated rings. The summed E-state index contributed by atoms with van der Waals surface area (Å²) >= 11 is 1.51. The molecule has 0 aliphatic heterocycles. The zero-order chi connectivity index (χ0) is 20.7. The second-order valence-corrected chi connectivity index (χ2v) is 7.88. The Morgan fingerprint density at radius 3 is 2.97 bits per heavy atom. The number of aromatic nitrogens is 4. The minimum absolute atomic E-state index is 0.0605. The average Bonchev–Trinajstić information content (AvgIpc) is 3.51. The van der Waals surface area contributed by atoms with Crippen molar-refractivity contribution in [3.05, 3.63) is 64.6 Å². The lowest BCUT2D eigenvalue weighted by molar-refractivity contribution is 0.0951. The predicted molar refractivity (Wildman–Crippen MR) is 121 cm³/mol. The van der Waals surface area contributed by atoms with Gasteiger partial charge in [-0.15, -0.1) is 0 Å². The number of nitrogens with one attached hydrogen (secondary N) is 3. The summed E-state index contributed by atoms with van der Waals surface area (Å²) in [5.74, 6) is 0.686. The molecule has 0 aliphatic rings. The van der Waals surface area contributed by atoms with E-state index >= 15 is 0 Å². The van der Waals surface area contributed by atoms with Gasteiger partial charge in [-0.25, -0.2) is 9.97 Å². The molecule has 0 unspecified atom stereocenters. The van der Waals surface area contributed by atoms with Crippen LogP contribution in [0.15, 0.2) is 53.5 Å². The van der Waals surface area contributed by atoms with Crippen molar-refractivity contribution in [1.29, 1.82) is 0 Å². The van der Waals surface area contributed by atoms with Crippen molar-refractivity contribution in [3.63, 3.8) is 0 Å². The van der Waals surface area contributed by atoms with Gasteiger partial charge in [-0.2, -0.15) is 11.3 Å². The van der Waals surface area contributed by atoms with Crippen LogP contribution in [0.25, 0.3) is 33.3 Å². The zero-order valence-electron chi connectivity index (χ0n) is 16.6. The Morgan fingerprint density at radius 1 is 1.27 bits per heavy atom. The van der Waals surface area contributed by atoms with Crippen LogP contribution < -0.4 is 10.6 Å². The Hall–Kier alpha value is -3.65. The summed E-state index contributed by atoms with van der Waals surface area (Å²) in [6.45, 7) is 0.469. The number of nitrogens with zero attached hydrogens (tertiary/aromatic N) is 3. The fraction of sp³-hybridized carbons (Fsp3) is 0.136. The Labute approximate surface area is 176 Å². The van der Waals surface area contributed by atoms with E-state index < -0.39 is 0 Å². The molecule has 7 nitrogen and oxygen atoms in total. The van der Waals surface area contributed by atoms with Gasteiger partial charge in [0, 0.05) is 42.7 Å². The molecule has 1 aromatic carbocycles. The third kappa shape index (κ3) is 3.11. The van der Waals surface area contributed by atoms with E-state index in [2.05, 4.69) is 32.7 Å². The smallest absolute Gasteiger partial charge is 0.252 e. The highest BCUT2D eigenvalue weighted by atomic mass is 32.1. The molecule has 150 valence electrons. The van der Waals surface area contributed by atoms with Crippen molar-refractivity contribution >= 4 is 45.1 Å². The first-order chi connectivity index (χ1) is 14.6. The van der Waals surface area contributed by atoms with Gasteiger partial charge in [0.2, 0.25) is 0 Å². The van der Waals surface area contributed by atoms with Gasteiger partial charge >= 0.3 is 0 Å².